The molecule has 1 aliphatic carbocycles. The minimum atomic E-state index is -1.01. The maximum absolute atomic E-state index is 12.8. The van der Waals surface area contributed by atoms with Crippen molar-refractivity contribution in [3.63, 3.8) is 0 Å². The summed E-state index contributed by atoms with van der Waals surface area (Å²) in [6, 6.07) is 0. The topological polar surface area (TPSA) is 107 Å². The first-order valence-corrected chi connectivity index (χ1v) is 22.6. The lowest BCUT2D eigenvalue weighted by atomic mass is 9.91. The fraction of sp³-hybridized carbons (Fsp3) is 0.933. The predicted octanol–water partition coefficient (Wildman–Crippen LogP) is 14.1. The summed E-state index contributed by atoms with van der Waals surface area (Å²) in [7, 11) is 0. The molecule has 0 heterocycles. The molecule has 9 heteroatoms. The second-order valence-electron chi connectivity index (χ2n) is 17.1. The van der Waals surface area contributed by atoms with Crippen LogP contribution in [0.1, 0.15) is 215 Å². The van der Waals surface area contributed by atoms with Gasteiger partial charge in [-0.3, -0.25) is 0 Å². The van der Waals surface area contributed by atoms with Crippen LogP contribution in [0, 0.1) is 17.8 Å². The maximum atomic E-state index is 12.8. The van der Waals surface area contributed by atoms with Gasteiger partial charge in [0.15, 0.2) is 6.10 Å². The van der Waals surface area contributed by atoms with Crippen molar-refractivity contribution in [2.45, 2.75) is 233 Å². The van der Waals surface area contributed by atoms with Crippen LogP contribution in [0.25, 0.3) is 0 Å². The predicted molar refractivity (Wildman–Crippen MR) is 218 cm³/mol. The standard InChI is InChI=1S/C45H84O9/c1-37(2)29-22-16-10-7-13-19-25-34-49-43(46)52-40-32-28-33-41(53-44(47)50-35-26-20-14-8-11-17-23-30-38(3)4)42(40)54-45(48)51-36-27-21-15-9-12-18-24-31-39(5)6/h37-42H,7-36H2,1-6H3. The smallest absolute Gasteiger partial charge is 0.434 e. The second kappa shape index (κ2) is 34.1. The van der Waals surface area contributed by atoms with Gasteiger partial charge in [0.1, 0.15) is 12.2 Å². The molecule has 2 unspecified atom stereocenters. The Hall–Kier alpha value is -2.19. The van der Waals surface area contributed by atoms with E-state index in [1.807, 2.05) is 0 Å². The van der Waals surface area contributed by atoms with Gasteiger partial charge in [0.2, 0.25) is 0 Å². The Labute approximate surface area is 331 Å². The van der Waals surface area contributed by atoms with Gasteiger partial charge >= 0.3 is 18.5 Å². The summed E-state index contributed by atoms with van der Waals surface area (Å²) in [5.74, 6) is 2.30. The van der Waals surface area contributed by atoms with Gasteiger partial charge in [-0.2, -0.15) is 0 Å². The molecular formula is C45H84O9. The van der Waals surface area contributed by atoms with E-state index in [1.165, 1.54) is 96.3 Å². The van der Waals surface area contributed by atoms with Crippen LogP contribution in [0.15, 0.2) is 0 Å². The third-order valence-corrected chi connectivity index (χ3v) is 10.4. The van der Waals surface area contributed by atoms with Crippen LogP contribution < -0.4 is 0 Å². The summed E-state index contributed by atoms with van der Waals surface area (Å²) >= 11 is 0. The van der Waals surface area contributed by atoms with Crippen LogP contribution in [0.4, 0.5) is 14.4 Å². The zero-order chi connectivity index (χ0) is 39.7. The molecule has 1 rings (SSSR count). The Morgan fingerprint density at radius 2 is 0.648 bits per heavy atom. The van der Waals surface area contributed by atoms with E-state index in [9.17, 15) is 14.4 Å². The van der Waals surface area contributed by atoms with Gasteiger partial charge in [0.25, 0.3) is 0 Å². The first kappa shape index (κ1) is 49.8. The fourth-order valence-corrected chi connectivity index (χ4v) is 7.03. The lowest BCUT2D eigenvalue weighted by molar-refractivity contribution is -0.126. The molecule has 318 valence electrons. The van der Waals surface area contributed by atoms with Gasteiger partial charge in [-0.15, -0.1) is 0 Å². The Morgan fingerprint density at radius 1 is 0.389 bits per heavy atom. The highest BCUT2D eigenvalue weighted by molar-refractivity contribution is 5.62. The molecule has 1 aliphatic rings. The monoisotopic (exact) mass is 769 g/mol. The van der Waals surface area contributed by atoms with Gasteiger partial charge < -0.3 is 28.4 Å². The maximum Gasteiger partial charge on any atom is 0.508 e. The molecule has 0 aliphatic heterocycles. The van der Waals surface area contributed by atoms with Gasteiger partial charge in [-0.1, -0.05) is 176 Å². The Balaban J connectivity index is 2.50. The minimum absolute atomic E-state index is 0.246. The van der Waals surface area contributed by atoms with Crippen LogP contribution in [0.3, 0.4) is 0 Å². The number of hydrogen-bond donors (Lipinski definition) is 0. The number of carbonyl (C=O) groups excluding carboxylic acids is 3. The molecule has 0 aromatic heterocycles. The van der Waals surface area contributed by atoms with E-state index in [0.29, 0.717) is 19.3 Å². The molecule has 0 radical (unpaired) electrons. The minimum Gasteiger partial charge on any atom is -0.434 e. The summed E-state index contributed by atoms with van der Waals surface area (Å²) in [5, 5.41) is 0. The third kappa shape index (κ3) is 30.1. The third-order valence-electron chi connectivity index (χ3n) is 10.4. The average Bonchev–Trinajstić information content (AvgIpc) is 3.11. The molecular weight excluding hydrogens is 684 g/mol. The number of carbonyl (C=O) groups is 3. The van der Waals surface area contributed by atoms with E-state index in [1.54, 1.807) is 0 Å². The molecule has 0 bridgehead atoms. The van der Waals surface area contributed by atoms with Crippen LogP contribution in [-0.2, 0) is 28.4 Å². The zero-order valence-corrected chi connectivity index (χ0v) is 35.9. The Bertz CT molecular complexity index is 856. The van der Waals surface area contributed by atoms with Crippen LogP contribution in [0.5, 0.6) is 0 Å². The van der Waals surface area contributed by atoms with Crippen molar-refractivity contribution in [2.75, 3.05) is 19.8 Å². The Kier molecular flexibility index (Phi) is 31.5. The van der Waals surface area contributed by atoms with Crippen LogP contribution in [-0.4, -0.2) is 56.6 Å². The molecule has 0 saturated heterocycles. The van der Waals surface area contributed by atoms with Gasteiger partial charge in [0.05, 0.1) is 19.8 Å². The molecule has 2 atom stereocenters. The fourth-order valence-electron chi connectivity index (χ4n) is 7.03. The average molecular weight is 769 g/mol. The van der Waals surface area contributed by atoms with Crippen LogP contribution in [0.2, 0.25) is 0 Å². The molecule has 0 amide bonds. The first-order valence-electron chi connectivity index (χ1n) is 22.6. The van der Waals surface area contributed by atoms with Crippen molar-refractivity contribution in [1.82, 2.24) is 0 Å². The summed E-state index contributed by atoms with van der Waals surface area (Å²) in [4.78, 5) is 38.2. The SMILES string of the molecule is CC(C)CCCCCCCCCOC(=O)OC1CCCC(OC(=O)OCCCCCCCCCC(C)C)C1OC(=O)OCCCCCCCCCC(C)C. The number of hydrogen-bond acceptors (Lipinski definition) is 9. The molecule has 0 aromatic carbocycles. The number of ether oxygens (including phenoxy) is 6. The molecule has 1 fully saturated rings. The summed E-state index contributed by atoms with van der Waals surface area (Å²) < 4.78 is 33.2. The van der Waals surface area contributed by atoms with E-state index >= 15 is 0 Å². The molecule has 1 saturated carbocycles. The normalized spacial score (nSPS) is 17.2. The van der Waals surface area contributed by atoms with E-state index in [0.717, 1.165) is 75.5 Å². The molecule has 54 heavy (non-hydrogen) atoms. The lowest BCUT2D eigenvalue weighted by Gasteiger charge is -2.35. The molecule has 0 N–H and O–H groups in total. The molecule has 9 nitrogen and oxygen atoms in total. The van der Waals surface area contributed by atoms with Crippen LogP contribution >= 0.6 is 0 Å². The number of rotatable bonds is 33. The van der Waals surface area contributed by atoms with Crippen molar-refractivity contribution in [2.24, 2.45) is 17.8 Å². The lowest BCUT2D eigenvalue weighted by Crippen LogP contribution is -2.48. The summed E-state index contributed by atoms with van der Waals surface area (Å²) in [6.45, 7) is 14.4. The first-order chi connectivity index (χ1) is 26.1. The highest BCUT2D eigenvalue weighted by Crippen LogP contribution is 2.28. The van der Waals surface area contributed by atoms with E-state index < -0.39 is 36.8 Å². The largest absolute Gasteiger partial charge is 0.508 e. The van der Waals surface area contributed by atoms with E-state index in [4.69, 9.17) is 28.4 Å². The van der Waals surface area contributed by atoms with Gasteiger partial charge in [0, 0.05) is 0 Å². The second-order valence-corrected chi connectivity index (χ2v) is 17.1. The van der Waals surface area contributed by atoms with Crippen molar-refractivity contribution < 1.29 is 42.8 Å². The zero-order valence-electron chi connectivity index (χ0n) is 35.9. The highest BCUT2D eigenvalue weighted by Gasteiger charge is 2.42. The van der Waals surface area contributed by atoms with Crippen molar-refractivity contribution in [1.29, 1.82) is 0 Å². The molecule has 0 spiro atoms. The Morgan fingerprint density at radius 3 is 0.944 bits per heavy atom. The van der Waals surface area contributed by atoms with E-state index in [2.05, 4.69) is 41.5 Å². The summed E-state index contributed by atoms with van der Waals surface area (Å²) in [6.07, 6.45) is 23.9. The van der Waals surface area contributed by atoms with Crippen molar-refractivity contribution in [3.8, 4) is 0 Å². The quantitative estimate of drug-likeness (QED) is 0.0366. The van der Waals surface area contributed by atoms with Gasteiger partial charge in [-0.25, -0.2) is 14.4 Å². The highest BCUT2D eigenvalue weighted by atomic mass is 16.8. The van der Waals surface area contributed by atoms with Crippen molar-refractivity contribution >= 4 is 18.5 Å². The van der Waals surface area contributed by atoms with Crippen molar-refractivity contribution in [3.05, 3.63) is 0 Å². The molecule has 0 aromatic rings. The number of unbranched alkanes of at least 4 members (excludes halogenated alkanes) is 18. The van der Waals surface area contributed by atoms with E-state index in [-0.39, 0.29) is 19.8 Å². The van der Waals surface area contributed by atoms with Gasteiger partial charge in [-0.05, 0) is 56.3 Å². The summed E-state index contributed by atoms with van der Waals surface area (Å²) in [5.41, 5.74) is 0.